The zero-order chi connectivity index (χ0) is 10.4. The van der Waals surface area contributed by atoms with Crippen molar-refractivity contribution in [2.45, 2.75) is 13.0 Å². The molecule has 1 heterocycles. The third-order valence-corrected chi connectivity index (χ3v) is 3.23. The number of nitrogens with one attached hydrogen (secondary N) is 1. The van der Waals surface area contributed by atoms with Gasteiger partial charge in [0.15, 0.2) is 0 Å². The minimum Gasteiger partial charge on any atom is -0.394 e. The molecule has 1 unspecified atom stereocenters. The summed E-state index contributed by atoms with van der Waals surface area (Å²) >= 11 is 1.68. The molecule has 14 heavy (non-hydrogen) atoms. The summed E-state index contributed by atoms with van der Waals surface area (Å²) in [7, 11) is 1.67. The van der Waals surface area contributed by atoms with Crippen LogP contribution in [0, 0.1) is 6.92 Å². The van der Waals surface area contributed by atoms with Crippen LogP contribution in [0.1, 0.15) is 16.5 Å². The molecule has 1 atom stereocenters. The largest absolute Gasteiger partial charge is 0.394 e. The number of aliphatic hydroxyl groups is 1. The molecule has 0 radical (unpaired) electrons. The zero-order valence-electron chi connectivity index (χ0n) is 8.62. The van der Waals surface area contributed by atoms with E-state index in [0.717, 1.165) is 6.54 Å². The van der Waals surface area contributed by atoms with Crippen LogP contribution in [0.2, 0.25) is 0 Å². The Morgan fingerprint density at radius 3 is 2.93 bits per heavy atom. The van der Waals surface area contributed by atoms with E-state index in [1.54, 1.807) is 18.4 Å². The molecule has 0 bridgehead atoms. The van der Waals surface area contributed by atoms with Gasteiger partial charge in [-0.2, -0.15) is 0 Å². The Morgan fingerprint density at radius 1 is 1.64 bits per heavy atom. The van der Waals surface area contributed by atoms with Crippen LogP contribution >= 0.6 is 11.3 Å². The van der Waals surface area contributed by atoms with Crippen molar-refractivity contribution in [1.82, 2.24) is 5.32 Å². The molecule has 80 valence electrons. The fourth-order valence-corrected chi connectivity index (χ4v) is 2.31. The monoisotopic (exact) mass is 215 g/mol. The first kappa shape index (κ1) is 11.7. The van der Waals surface area contributed by atoms with Crippen LogP contribution < -0.4 is 5.32 Å². The lowest BCUT2D eigenvalue weighted by molar-refractivity contribution is 0.184. The fourth-order valence-electron chi connectivity index (χ4n) is 1.32. The molecule has 0 spiro atoms. The zero-order valence-corrected chi connectivity index (χ0v) is 9.43. The molecular formula is C10H17NO2S. The molecule has 0 aliphatic heterocycles. The third-order valence-electron chi connectivity index (χ3n) is 2.10. The average molecular weight is 215 g/mol. The van der Waals surface area contributed by atoms with Gasteiger partial charge in [-0.15, -0.1) is 11.3 Å². The molecule has 0 amide bonds. The summed E-state index contributed by atoms with van der Waals surface area (Å²) in [6, 6.07) is 2.12. The molecule has 1 aromatic heterocycles. The summed E-state index contributed by atoms with van der Waals surface area (Å²) in [5, 5.41) is 14.5. The number of rotatable bonds is 6. The number of hydrogen-bond acceptors (Lipinski definition) is 4. The van der Waals surface area contributed by atoms with Crippen LogP contribution in [0.25, 0.3) is 0 Å². The Kier molecular flexibility index (Phi) is 5.11. The maximum absolute atomic E-state index is 9.22. The van der Waals surface area contributed by atoms with Gasteiger partial charge in [0, 0.05) is 18.5 Å². The van der Waals surface area contributed by atoms with E-state index in [4.69, 9.17) is 4.74 Å². The first-order chi connectivity index (χ1) is 6.79. The van der Waals surface area contributed by atoms with Crippen LogP contribution in [0.5, 0.6) is 0 Å². The highest BCUT2D eigenvalue weighted by atomic mass is 32.1. The smallest absolute Gasteiger partial charge is 0.0653 e. The van der Waals surface area contributed by atoms with E-state index in [9.17, 15) is 5.11 Å². The molecule has 1 rings (SSSR count). The third kappa shape index (κ3) is 3.06. The van der Waals surface area contributed by atoms with Gasteiger partial charge >= 0.3 is 0 Å². The molecule has 2 N–H and O–H groups in total. The summed E-state index contributed by atoms with van der Waals surface area (Å²) in [6.45, 7) is 3.62. The van der Waals surface area contributed by atoms with E-state index in [1.165, 1.54) is 10.4 Å². The maximum atomic E-state index is 9.22. The van der Waals surface area contributed by atoms with Crippen molar-refractivity contribution in [3.63, 3.8) is 0 Å². The number of aliphatic hydroxyl groups excluding tert-OH is 1. The van der Waals surface area contributed by atoms with Gasteiger partial charge in [0.05, 0.1) is 19.3 Å². The molecule has 0 aliphatic rings. The van der Waals surface area contributed by atoms with Crippen molar-refractivity contribution in [1.29, 1.82) is 0 Å². The number of methoxy groups -OCH3 is 1. The molecule has 0 saturated carbocycles. The standard InChI is InChI=1S/C10H17NO2S/c1-8-3-6-14-10(8)9(7-12)11-4-5-13-2/h3,6,9,11-12H,4-5,7H2,1-2H3. The van der Waals surface area contributed by atoms with Crippen molar-refractivity contribution in [3.8, 4) is 0 Å². The molecule has 3 nitrogen and oxygen atoms in total. The first-order valence-electron chi connectivity index (χ1n) is 4.66. The Labute approximate surface area is 88.7 Å². The molecular weight excluding hydrogens is 198 g/mol. The van der Waals surface area contributed by atoms with Gasteiger partial charge in [-0.1, -0.05) is 0 Å². The maximum Gasteiger partial charge on any atom is 0.0653 e. The Hall–Kier alpha value is -0.420. The molecule has 4 heteroatoms. The summed E-state index contributed by atoms with van der Waals surface area (Å²) in [5.41, 5.74) is 1.24. The van der Waals surface area contributed by atoms with Crippen LogP contribution in [0.3, 0.4) is 0 Å². The highest BCUT2D eigenvalue weighted by molar-refractivity contribution is 7.10. The minimum absolute atomic E-state index is 0.0464. The van der Waals surface area contributed by atoms with E-state index < -0.39 is 0 Å². The summed E-state index contributed by atoms with van der Waals surface area (Å²) in [6.07, 6.45) is 0. The highest BCUT2D eigenvalue weighted by Crippen LogP contribution is 2.23. The van der Waals surface area contributed by atoms with Crippen molar-refractivity contribution < 1.29 is 9.84 Å². The van der Waals surface area contributed by atoms with Crippen LogP contribution in [-0.4, -0.2) is 32.0 Å². The van der Waals surface area contributed by atoms with Crippen LogP contribution in [0.15, 0.2) is 11.4 Å². The van der Waals surface area contributed by atoms with E-state index in [2.05, 4.69) is 18.3 Å². The van der Waals surface area contributed by atoms with E-state index in [-0.39, 0.29) is 12.6 Å². The average Bonchev–Trinajstić information content (AvgIpc) is 2.60. The lowest BCUT2D eigenvalue weighted by Gasteiger charge is -2.15. The summed E-state index contributed by atoms with van der Waals surface area (Å²) < 4.78 is 4.94. The Balaban J connectivity index is 2.50. The van der Waals surface area contributed by atoms with E-state index in [0.29, 0.717) is 6.61 Å². The van der Waals surface area contributed by atoms with Crippen molar-refractivity contribution in [2.75, 3.05) is 26.9 Å². The topological polar surface area (TPSA) is 41.5 Å². The van der Waals surface area contributed by atoms with Crippen molar-refractivity contribution >= 4 is 11.3 Å². The number of aryl methyl sites for hydroxylation is 1. The SMILES string of the molecule is COCCNC(CO)c1sccc1C. The Morgan fingerprint density at radius 2 is 2.43 bits per heavy atom. The molecule has 1 aromatic rings. The molecule has 0 fully saturated rings. The van der Waals surface area contributed by atoms with Gasteiger partial charge in [-0.3, -0.25) is 0 Å². The second-order valence-corrected chi connectivity index (χ2v) is 4.10. The predicted octanol–water partition coefficient (Wildman–Crippen LogP) is 1.33. The Bertz CT molecular complexity index is 262. The highest BCUT2D eigenvalue weighted by Gasteiger charge is 2.12. The lowest BCUT2D eigenvalue weighted by Crippen LogP contribution is -2.27. The van der Waals surface area contributed by atoms with Gasteiger partial charge in [-0.25, -0.2) is 0 Å². The molecule has 0 aliphatic carbocycles. The first-order valence-corrected chi connectivity index (χ1v) is 5.54. The normalized spacial score (nSPS) is 13.1. The molecule has 0 saturated heterocycles. The number of ether oxygens (including phenoxy) is 1. The van der Waals surface area contributed by atoms with Gasteiger partial charge in [0.2, 0.25) is 0 Å². The lowest BCUT2D eigenvalue weighted by atomic mass is 10.2. The molecule has 0 aromatic carbocycles. The summed E-state index contributed by atoms with van der Waals surface area (Å²) in [5.74, 6) is 0. The predicted molar refractivity (Wildman–Crippen MR) is 58.8 cm³/mol. The van der Waals surface area contributed by atoms with Crippen LogP contribution in [-0.2, 0) is 4.74 Å². The quantitative estimate of drug-likeness (QED) is 0.703. The van der Waals surface area contributed by atoms with Gasteiger partial charge in [0.25, 0.3) is 0 Å². The second kappa shape index (κ2) is 6.14. The second-order valence-electron chi connectivity index (χ2n) is 3.15. The number of hydrogen-bond donors (Lipinski definition) is 2. The van der Waals surface area contributed by atoms with Crippen molar-refractivity contribution in [3.05, 3.63) is 21.9 Å². The fraction of sp³-hybridized carbons (Fsp3) is 0.600. The number of thiophene rings is 1. The minimum atomic E-state index is 0.0464. The van der Waals surface area contributed by atoms with Gasteiger partial charge in [0.1, 0.15) is 0 Å². The van der Waals surface area contributed by atoms with E-state index >= 15 is 0 Å². The van der Waals surface area contributed by atoms with E-state index in [1.807, 2.05) is 5.38 Å². The van der Waals surface area contributed by atoms with Crippen LogP contribution in [0.4, 0.5) is 0 Å². The van der Waals surface area contributed by atoms with Gasteiger partial charge in [-0.05, 0) is 23.9 Å². The van der Waals surface area contributed by atoms with Gasteiger partial charge < -0.3 is 15.2 Å². The van der Waals surface area contributed by atoms with Crippen molar-refractivity contribution in [2.24, 2.45) is 0 Å². The summed E-state index contributed by atoms with van der Waals surface area (Å²) in [4.78, 5) is 1.21.